The minimum Gasteiger partial charge on any atom is -0.477 e. The number of nitrogens with zero attached hydrogens (tertiary/aromatic N) is 1. The number of thiazole rings is 1. The number of benzene rings is 1. The molecular formula is C12H8F3NO2S. The standard InChI is InChI=1S/C12H8F3NO2S/c1-6-4-2-3-5-7(6)10-16-9(12(13,14)15)8(19-10)11(17)18/h2-5H,1H3,(H,17,18). The van der Waals surface area contributed by atoms with Crippen LogP contribution in [0.2, 0.25) is 0 Å². The van der Waals surface area contributed by atoms with Crippen LogP contribution >= 0.6 is 11.3 Å². The Morgan fingerprint density at radius 1 is 1.32 bits per heavy atom. The maximum atomic E-state index is 12.7. The maximum absolute atomic E-state index is 12.7. The van der Waals surface area contributed by atoms with Gasteiger partial charge in [0.1, 0.15) is 9.88 Å². The quantitative estimate of drug-likeness (QED) is 0.913. The lowest BCUT2D eigenvalue weighted by Gasteiger charge is -2.03. The van der Waals surface area contributed by atoms with Gasteiger partial charge in [-0.3, -0.25) is 0 Å². The Morgan fingerprint density at radius 3 is 2.42 bits per heavy atom. The second-order valence-corrected chi connectivity index (χ2v) is 4.81. The zero-order valence-electron chi connectivity index (χ0n) is 9.65. The molecule has 2 rings (SSSR count). The first-order valence-corrected chi connectivity index (χ1v) is 5.99. The normalized spacial score (nSPS) is 11.6. The van der Waals surface area contributed by atoms with Crippen molar-refractivity contribution in [2.45, 2.75) is 13.1 Å². The molecule has 0 aliphatic rings. The van der Waals surface area contributed by atoms with Crippen molar-refractivity contribution in [1.82, 2.24) is 4.98 Å². The number of aryl methyl sites for hydroxylation is 1. The number of halogens is 3. The minimum absolute atomic E-state index is 0.0582. The zero-order valence-corrected chi connectivity index (χ0v) is 10.5. The monoisotopic (exact) mass is 287 g/mol. The Bertz CT molecular complexity index is 634. The first-order chi connectivity index (χ1) is 8.80. The fraction of sp³-hybridized carbons (Fsp3) is 0.167. The van der Waals surface area contributed by atoms with Gasteiger partial charge in [0.05, 0.1) is 0 Å². The predicted octanol–water partition coefficient (Wildman–Crippen LogP) is 3.84. The maximum Gasteiger partial charge on any atom is 0.435 e. The molecule has 0 saturated carbocycles. The van der Waals surface area contributed by atoms with Gasteiger partial charge in [-0.2, -0.15) is 13.2 Å². The van der Waals surface area contributed by atoms with Crippen molar-refractivity contribution in [2.24, 2.45) is 0 Å². The highest BCUT2D eigenvalue weighted by Gasteiger charge is 2.39. The molecule has 1 aromatic heterocycles. The summed E-state index contributed by atoms with van der Waals surface area (Å²) >= 11 is 0.531. The van der Waals surface area contributed by atoms with Crippen LogP contribution in [0.5, 0.6) is 0 Å². The third-order valence-corrected chi connectivity index (χ3v) is 3.54. The average Bonchev–Trinajstić information content (AvgIpc) is 2.74. The van der Waals surface area contributed by atoms with Crippen LogP contribution in [0.4, 0.5) is 13.2 Å². The van der Waals surface area contributed by atoms with Gasteiger partial charge in [-0.1, -0.05) is 24.3 Å². The molecule has 2 aromatic rings. The molecule has 100 valence electrons. The van der Waals surface area contributed by atoms with Crippen molar-refractivity contribution in [2.75, 3.05) is 0 Å². The van der Waals surface area contributed by atoms with Crippen LogP contribution in [-0.2, 0) is 6.18 Å². The largest absolute Gasteiger partial charge is 0.477 e. The summed E-state index contributed by atoms with van der Waals surface area (Å²) in [6, 6.07) is 6.75. The Balaban J connectivity index is 2.62. The molecule has 19 heavy (non-hydrogen) atoms. The van der Waals surface area contributed by atoms with Crippen molar-refractivity contribution in [3.8, 4) is 10.6 Å². The summed E-state index contributed by atoms with van der Waals surface area (Å²) < 4.78 is 38.2. The molecule has 1 N–H and O–H groups in total. The number of alkyl halides is 3. The lowest BCUT2D eigenvalue weighted by Crippen LogP contribution is -2.11. The summed E-state index contributed by atoms with van der Waals surface area (Å²) in [6.45, 7) is 1.73. The molecule has 0 radical (unpaired) electrons. The third-order valence-electron chi connectivity index (χ3n) is 2.47. The van der Waals surface area contributed by atoms with Crippen LogP contribution in [0, 0.1) is 6.92 Å². The molecule has 0 unspecified atom stereocenters. The average molecular weight is 287 g/mol. The molecule has 0 saturated heterocycles. The number of carbonyl (C=O) groups is 1. The number of carboxylic acids is 1. The Morgan fingerprint density at radius 2 is 1.95 bits per heavy atom. The Labute approximate surface area is 110 Å². The summed E-state index contributed by atoms with van der Waals surface area (Å²) in [5.74, 6) is -1.62. The number of carboxylic acid groups (broad SMARTS) is 1. The van der Waals surface area contributed by atoms with E-state index in [0.29, 0.717) is 16.9 Å². The van der Waals surface area contributed by atoms with Gasteiger partial charge in [0.2, 0.25) is 0 Å². The van der Waals surface area contributed by atoms with Crippen molar-refractivity contribution >= 4 is 17.3 Å². The number of hydrogen-bond donors (Lipinski definition) is 1. The van der Waals surface area contributed by atoms with Crippen molar-refractivity contribution in [3.63, 3.8) is 0 Å². The van der Waals surface area contributed by atoms with Gasteiger partial charge in [-0.25, -0.2) is 9.78 Å². The summed E-state index contributed by atoms with van der Waals surface area (Å²) in [5.41, 5.74) is -0.101. The van der Waals surface area contributed by atoms with Crippen LogP contribution < -0.4 is 0 Å². The van der Waals surface area contributed by atoms with E-state index in [9.17, 15) is 18.0 Å². The van der Waals surface area contributed by atoms with Gasteiger partial charge in [0, 0.05) is 5.56 Å². The summed E-state index contributed by atoms with van der Waals surface area (Å²) in [4.78, 5) is 13.5. The summed E-state index contributed by atoms with van der Waals surface area (Å²) in [5, 5.41) is 8.89. The van der Waals surface area contributed by atoms with Gasteiger partial charge < -0.3 is 5.11 Å². The van der Waals surface area contributed by atoms with E-state index in [1.807, 2.05) is 0 Å². The fourth-order valence-corrected chi connectivity index (χ4v) is 2.60. The second-order valence-electron chi connectivity index (χ2n) is 3.81. The van der Waals surface area contributed by atoms with E-state index in [1.165, 1.54) is 0 Å². The molecule has 3 nitrogen and oxygen atoms in total. The van der Waals surface area contributed by atoms with E-state index in [0.717, 1.165) is 5.56 Å². The highest BCUT2D eigenvalue weighted by atomic mass is 32.1. The number of aromatic carboxylic acids is 1. The molecule has 1 aromatic carbocycles. The van der Waals surface area contributed by atoms with Crippen LogP contribution in [0.1, 0.15) is 20.9 Å². The van der Waals surface area contributed by atoms with E-state index < -0.39 is 22.7 Å². The third kappa shape index (κ3) is 2.60. The van der Waals surface area contributed by atoms with Crippen LogP contribution in [-0.4, -0.2) is 16.1 Å². The van der Waals surface area contributed by atoms with Crippen LogP contribution in [0.25, 0.3) is 10.6 Å². The summed E-state index contributed by atoms with van der Waals surface area (Å²) in [6.07, 6.45) is -4.77. The van der Waals surface area contributed by atoms with E-state index >= 15 is 0 Å². The second kappa shape index (κ2) is 4.65. The SMILES string of the molecule is Cc1ccccc1-c1nc(C(F)(F)F)c(C(=O)O)s1. The van der Waals surface area contributed by atoms with Gasteiger partial charge in [-0.15, -0.1) is 11.3 Å². The Kier molecular flexibility index (Phi) is 3.32. The summed E-state index contributed by atoms with van der Waals surface area (Å²) in [7, 11) is 0. The molecular weight excluding hydrogens is 279 g/mol. The van der Waals surface area contributed by atoms with Crippen LogP contribution in [0.3, 0.4) is 0 Å². The van der Waals surface area contributed by atoms with E-state index in [-0.39, 0.29) is 5.01 Å². The van der Waals surface area contributed by atoms with Gasteiger partial charge in [0.25, 0.3) is 0 Å². The number of aromatic nitrogens is 1. The van der Waals surface area contributed by atoms with Crippen molar-refractivity contribution < 1.29 is 23.1 Å². The number of hydrogen-bond acceptors (Lipinski definition) is 3. The predicted molar refractivity (Wildman–Crippen MR) is 64.2 cm³/mol. The molecule has 0 bridgehead atoms. The molecule has 0 amide bonds. The lowest BCUT2D eigenvalue weighted by molar-refractivity contribution is -0.141. The van der Waals surface area contributed by atoms with Gasteiger partial charge in [0.15, 0.2) is 5.69 Å². The van der Waals surface area contributed by atoms with E-state index in [4.69, 9.17) is 5.11 Å². The smallest absolute Gasteiger partial charge is 0.435 e. The molecule has 7 heteroatoms. The number of rotatable bonds is 2. The van der Waals surface area contributed by atoms with Crippen molar-refractivity contribution in [3.05, 3.63) is 40.4 Å². The first-order valence-electron chi connectivity index (χ1n) is 5.18. The minimum atomic E-state index is -4.77. The molecule has 0 spiro atoms. The molecule has 0 fully saturated rings. The van der Waals surface area contributed by atoms with Crippen molar-refractivity contribution in [1.29, 1.82) is 0 Å². The van der Waals surface area contributed by atoms with Gasteiger partial charge >= 0.3 is 12.1 Å². The lowest BCUT2D eigenvalue weighted by atomic mass is 10.1. The topological polar surface area (TPSA) is 50.2 Å². The van der Waals surface area contributed by atoms with E-state index in [2.05, 4.69) is 4.98 Å². The molecule has 0 atom stereocenters. The van der Waals surface area contributed by atoms with Crippen LogP contribution in [0.15, 0.2) is 24.3 Å². The van der Waals surface area contributed by atoms with E-state index in [1.54, 1.807) is 31.2 Å². The molecule has 1 heterocycles. The highest BCUT2D eigenvalue weighted by Crippen LogP contribution is 2.38. The zero-order chi connectivity index (χ0) is 14.2. The van der Waals surface area contributed by atoms with Gasteiger partial charge in [-0.05, 0) is 12.5 Å². The highest BCUT2D eigenvalue weighted by molar-refractivity contribution is 7.17. The molecule has 0 aliphatic heterocycles. The Hall–Kier alpha value is -1.89. The fourth-order valence-electron chi connectivity index (χ4n) is 1.59. The molecule has 0 aliphatic carbocycles. The first kappa shape index (κ1) is 13.5.